The minimum atomic E-state index is 0.257. The molecular formula is C60H58S2. The van der Waals surface area contributed by atoms with E-state index in [1.807, 2.05) is 0 Å². The summed E-state index contributed by atoms with van der Waals surface area (Å²) in [5, 5.41) is 0.515. The molecule has 0 unspecified atom stereocenters. The van der Waals surface area contributed by atoms with E-state index in [2.05, 4.69) is 247 Å². The molecule has 0 aliphatic carbocycles. The number of hydrogen-bond donors (Lipinski definition) is 0. The van der Waals surface area contributed by atoms with Gasteiger partial charge >= 0.3 is 0 Å². The minimum absolute atomic E-state index is 0.257. The van der Waals surface area contributed by atoms with Gasteiger partial charge in [-0.2, -0.15) is 0 Å². The quantitative estimate of drug-likeness (QED) is 0.106. The van der Waals surface area contributed by atoms with Crippen molar-refractivity contribution in [2.24, 2.45) is 0 Å². The first kappa shape index (κ1) is 43.1. The van der Waals surface area contributed by atoms with Crippen LogP contribution in [0, 0.1) is 41.5 Å². The summed E-state index contributed by atoms with van der Waals surface area (Å²) in [6.45, 7) is 17.8. The summed E-state index contributed by atoms with van der Waals surface area (Å²) in [4.78, 5) is 0. The fourth-order valence-corrected chi connectivity index (χ4v) is 11.8. The van der Waals surface area contributed by atoms with Gasteiger partial charge in [0.25, 0.3) is 0 Å². The van der Waals surface area contributed by atoms with Gasteiger partial charge in [0.05, 0.1) is 0 Å². The van der Waals surface area contributed by atoms with E-state index in [1.54, 1.807) is 0 Å². The van der Waals surface area contributed by atoms with Gasteiger partial charge in [-0.3, -0.25) is 0 Å². The Hall–Kier alpha value is -5.54. The van der Waals surface area contributed by atoms with Gasteiger partial charge in [0.15, 0.2) is 0 Å². The van der Waals surface area contributed by atoms with Crippen LogP contribution in [-0.4, -0.2) is 0 Å². The summed E-state index contributed by atoms with van der Waals surface area (Å²) >= 11 is 0. The monoisotopic (exact) mass is 842 g/mol. The first-order valence-electron chi connectivity index (χ1n) is 22.2. The van der Waals surface area contributed by atoms with Gasteiger partial charge in [-0.1, -0.05) is 214 Å². The van der Waals surface area contributed by atoms with E-state index in [4.69, 9.17) is 0 Å². The smallest absolute Gasteiger partial charge is 0.0405 e. The van der Waals surface area contributed by atoms with Gasteiger partial charge in [0.1, 0.15) is 0 Å². The van der Waals surface area contributed by atoms with E-state index in [-0.39, 0.29) is 10.5 Å². The van der Waals surface area contributed by atoms with E-state index in [1.165, 1.54) is 111 Å². The zero-order valence-electron chi connectivity index (χ0n) is 37.6. The molecule has 0 spiro atoms. The molecule has 0 bridgehead atoms. The van der Waals surface area contributed by atoms with Crippen molar-refractivity contribution in [2.75, 3.05) is 0 Å². The van der Waals surface area contributed by atoms with Crippen LogP contribution in [0.15, 0.2) is 170 Å². The SMILES string of the molecule is CC[C@@H](SS[C@H](CC)c1cc(-c2ccc(C)cc2)c(-c2ccc(C)cc2)cc1-c1ccc(C)cc1)c1cc(-c2ccc(C)cc2)c(-c2ccc(C)cc2)cc1-c1ccc(C)cc1. The normalized spacial score (nSPS) is 12.3. The standard InChI is InChI=1S/C60H58S2/c1-9-59(57-37-53(47-27-15-41(5)16-28-47)51(45-23-11-39(3)12-24-45)35-55(57)49-31-19-43(7)20-32-49)61-62-60(10-2)58-38-54(48-29-17-42(6)18-30-48)52(46-25-13-40(4)14-26-46)36-56(58)50-33-21-44(8)22-34-50/h11-38,59-60H,9-10H2,1-8H3/t59-,60-/m1/s1. The van der Waals surface area contributed by atoms with E-state index in [9.17, 15) is 0 Å². The third kappa shape index (κ3) is 9.58. The van der Waals surface area contributed by atoms with Crippen LogP contribution in [0.25, 0.3) is 66.8 Å². The highest BCUT2D eigenvalue weighted by Crippen LogP contribution is 2.54. The van der Waals surface area contributed by atoms with Crippen LogP contribution in [0.3, 0.4) is 0 Å². The van der Waals surface area contributed by atoms with Crippen LogP contribution < -0.4 is 0 Å². The molecule has 2 atom stereocenters. The fraction of sp³-hybridized carbons (Fsp3) is 0.200. The Balaban J connectivity index is 1.27. The third-order valence-electron chi connectivity index (χ3n) is 12.3. The molecular weight excluding hydrogens is 785 g/mol. The van der Waals surface area contributed by atoms with Crippen LogP contribution in [-0.2, 0) is 0 Å². The van der Waals surface area contributed by atoms with Crippen molar-refractivity contribution in [3.63, 3.8) is 0 Å². The molecule has 0 heterocycles. The molecule has 0 amide bonds. The van der Waals surface area contributed by atoms with Crippen LogP contribution in [0.4, 0.5) is 0 Å². The number of hydrogen-bond acceptors (Lipinski definition) is 2. The second kappa shape index (κ2) is 19.2. The van der Waals surface area contributed by atoms with Crippen molar-refractivity contribution in [1.82, 2.24) is 0 Å². The molecule has 2 heteroatoms. The van der Waals surface area contributed by atoms with Gasteiger partial charge < -0.3 is 0 Å². The molecule has 0 aliphatic rings. The van der Waals surface area contributed by atoms with E-state index < -0.39 is 0 Å². The van der Waals surface area contributed by atoms with Crippen LogP contribution >= 0.6 is 21.6 Å². The summed E-state index contributed by atoms with van der Waals surface area (Å²) in [7, 11) is 4.11. The molecule has 8 aromatic carbocycles. The molecule has 0 nitrogen and oxygen atoms in total. The van der Waals surface area contributed by atoms with Gasteiger partial charge in [-0.15, -0.1) is 0 Å². The Morgan fingerprint density at radius 1 is 0.274 bits per heavy atom. The Labute approximate surface area is 379 Å². The largest absolute Gasteiger partial charge is 0.0853 e. The maximum absolute atomic E-state index is 2.53. The zero-order chi connectivity index (χ0) is 43.3. The lowest BCUT2D eigenvalue weighted by molar-refractivity contribution is 0.895. The Kier molecular flexibility index (Phi) is 13.4. The van der Waals surface area contributed by atoms with Gasteiger partial charge in [0, 0.05) is 10.5 Å². The topological polar surface area (TPSA) is 0 Å². The van der Waals surface area contributed by atoms with Gasteiger partial charge in [-0.25, -0.2) is 0 Å². The predicted octanol–water partition coefficient (Wildman–Crippen LogP) is 18.5. The lowest BCUT2D eigenvalue weighted by atomic mass is 9.86. The van der Waals surface area contributed by atoms with E-state index in [0.717, 1.165) is 12.8 Å². The zero-order valence-corrected chi connectivity index (χ0v) is 39.2. The maximum atomic E-state index is 2.53. The summed E-state index contributed by atoms with van der Waals surface area (Å²) in [5.74, 6) is 0. The molecule has 0 saturated carbocycles. The fourth-order valence-electron chi connectivity index (χ4n) is 8.43. The molecule has 8 rings (SSSR count). The van der Waals surface area contributed by atoms with Crippen molar-refractivity contribution in [1.29, 1.82) is 0 Å². The summed E-state index contributed by atoms with van der Waals surface area (Å²) in [6.07, 6.45) is 2.02. The van der Waals surface area contributed by atoms with Crippen LogP contribution in [0.1, 0.15) is 81.7 Å². The average molecular weight is 843 g/mol. The second-order valence-electron chi connectivity index (χ2n) is 17.2. The van der Waals surface area contributed by atoms with Crippen LogP contribution in [0.5, 0.6) is 0 Å². The molecule has 0 aliphatic heterocycles. The lowest BCUT2D eigenvalue weighted by Gasteiger charge is -2.26. The molecule has 0 aromatic heterocycles. The Morgan fingerprint density at radius 3 is 0.677 bits per heavy atom. The molecule has 0 fully saturated rings. The molecule has 62 heavy (non-hydrogen) atoms. The third-order valence-corrected chi connectivity index (χ3v) is 15.8. The average Bonchev–Trinajstić information content (AvgIpc) is 3.29. The predicted molar refractivity (Wildman–Crippen MR) is 275 cm³/mol. The van der Waals surface area contributed by atoms with Crippen molar-refractivity contribution < 1.29 is 0 Å². The highest BCUT2D eigenvalue weighted by atomic mass is 33.1. The van der Waals surface area contributed by atoms with E-state index in [0.29, 0.717) is 0 Å². The van der Waals surface area contributed by atoms with Crippen molar-refractivity contribution >= 4 is 21.6 Å². The molecule has 310 valence electrons. The molecule has 8 aromatic rings. The molecule has 0 radical (unpaired) electrons. The Morgan fingerprint density at radius 2 is 0.468 bits per heavy atom. The maximum Gasteiger partial charge on any atom is 0.0405 e. The summed E-state index contributed by atoms with van der Waals surface area (Å²) in [5.41, 5.74) is 25.7. The van der Waals surface area contributed by atoms with Crippen LogP contribution in [0.2, 0.25) is 0 Å². The highest BCUT2D eigenvalue weighted by Gasteiger charge is 2.25. The first-order valence-corrected chi connectivity index (χ1v) is 24.5. The summed E-state index contributed by atoms with van der Waals surface area (Å²) < 4.78 is 0. The molecule has 0 saturated heterocycles. The Bertz CT molecular complexity index is 2560. The number of rotatable bonds is 13. The van der Waals surface area contributed by atoms with Gasteiger partial charge in [0.2, 0.25) is 0 Å². The van der Waals surface area contributed by atoms with Crippen molar-refractivity contribution in [3.8, 4) is 66.8 Å². The molecule has 0 N–H and O–H groups in total. The van der Waals surface area contributed by atoms with Crippen molar-refractivity contribution in [3.05, 3.63) is 214 Å². The summed E-state index contributed by atoms with van der Waals surface area (Å²) in [6, 6.07) is 64.6. The highest BCUT2D eigenvalue weighted by molar-refractivity contribution is 8.76. The van der Waals surface area contributed by atoms with Gasteiger partial charge in [-0.05, 0) is 157 Å². The van der Waals surface area contributed by atoms with Crippen molar-refractivity contribution in [2.45, 2.75) is 78.7 Å². The number of benzene rings is 8. The minimum Gasteiger partial charge on any atom is -0.0853 e. The lowest BCUT2D eigenvalue weighted by Crippen LogP contribution is -2.01. The number of aryl methyl sites for hydroxylation is 6. The van der Waals surface area contributed by atoms with E-state index >= 15 is 0 Å². The second-order valence-corrected chi connectivity index (χ2v) is 19.8. The first-order chi connectivity index (χ1) is 30.1.